The first-order chi connectivity index (χ1) is 10.0. The number of aromatic amines is 1. The van der Waals surface area contributed by atoms with Crippen LogP contribution in [0.1, 0.15) is 37.4 Å². The largest absolute Gasteiger partial charge is 0.313 e. The van der Waals surface area contributed by atoms with Crippen LogP contribution in [-0.4, -0.2) is 43.7 Å². The van der Waals surface area contributed by atoms with E-state index in [9.17, 15) is 8.42 Å². The molecule has 0 spiro atoms. The van der Waals surface area contributed by atoms with Crippen LogP contribution in [0.5, 0.6) is 0 Å². The van der Waals surface area contributed by atoms with Crippen molar-refractivity contribution >= 4 is 21.8 Å². The Hall–Kier alpha value is -0.570. The lowest BCUT2D eigenvalue weighted by Crippen LogP contribution is -2.27. The van der Waals surface area contributed by atoms with Gasteiger partial charge in [0, 0.05) is 24.3 Å². The molecule has 0 saturated heterocycles. The minimum atomic E-state index is -3.53. The molecule has 0 aliphatic rings. The van der Waals surface area contributed by atoms with Crippen LogP contribution in [0.15, 0.2) is 5.03 Å². The van der Waals surface area contributed by atoms with Gasteiger partial charge in [-0.25, -0.2) is 13.1 Å². The molecule has 1 aromatic rings. The molecule has 0 fully saturated rings. The summed E-state index contributed by atoms with van der Waals surface area (Å²) in [6.45, 7) is 5.73. The van der Waals surface area contributed by atoms with Gasteiger partial charge in [0.05, 0.1) is 0 Å². The van der Waals surface area contributed by atoms with Crippen molar-refractivity contribution in [1.82, 2.24) is 20.2 Å². The molecule has 0 unspecified atom stereocenters. The van der Waals surface area contributed by atoms with Crippen molar-refractivity contribution in [3.8, 4) is 0 Å². The number of nitrogens with zero attached hydrogens (tertiary/aromatic N) is 1. The summed E-state index contributed by atoms with van der Waals surface area (Å²) in [5.74, 6) is 1.05. The molecule has 1 aromatic heterocycles. The molecule has 0 saturated carbocycles. The van der Waals surface area contributed by atoms with Crippen LogP contribution in [0, 0.1) is 6.92 Å². The third-order valence-electron chi connectivity index (χ3n) is 3.09. The van der Waals surface area contributed by atoms with Crippen LogP contribution < -0.4 is 10.0 Å². The molecule has 0 amide bonds. The maximum Gasteiger partial charge on any atom is 0.260 e. The summed E-state index contributed by atoms with van der Waals surface area (Å²) in [6.07, 6.45) is 4.90. The number of thioether (sulfide) groups is 1. The van der Waals surface area contributed by atoms with Gasteiger partial charge in [-0.15, -0.1) is 0 Å². The first-order valence-electron chi connectivity index (χ1n) is 7.26. The smallest absolute Gasteiger partial charge is 0.260 e. The van der Waals surface area contributed by atoms with Gasteiger partial charge in [-0.2, -0.15) is 16.9 Å². The van der Waals surface area contributed by atoms with E-state index in [4.69, 9.17) is 0 Å². The number of sulfonamides is 1. The number of aryl methyl sites for hydroxylation is 1. The van der Waals surface area contributed by atoms with Crippen molar-refractivity contribution in [1.29, 1.82) is 0 Å². The minimum absolute atomic E-state index is 0.119. The molecule has 21 heavy (non-hydrogen) atoms. The first kappa shape index (κ1) is 18.5. The Morgan fingerprint density at radius 1 is 1.29 bits per heavy atom. The summed E-state index contributed by atoms with van der Waals surface area (Å²) in [6, 6.07) is 0. The van der Waals surface area contributed by atoms with Gasteiger partial charge in [0.25, 0.3) is 10.0 Å². The SMILES string of the molecule is CCCNCc1c(S(=O)(=O)NCCCCSC)n[nH]c1C. The van der Waals surface area contributed by atoms with Crippen molar-refractivity contribution in [2.75, 3.05) is 25.1 Å². The van der Waals surface area contributed by atoms with Gasteiger partial charge in [-0.3, -0.25) is 5.10 Å². The lowest BCUT2D eigenvalue weighted by molar-refractivity contribution is 0.571. The Balaban J connectivity index is 2.65. The molecule has 6 nitrogen and oxygen atoms in total. The summed E-state index contributed by atoms with van der Waals surface area (Å²) in [5, 5.41) is 10.1. The molecule has 0 atom stereocenters. The van der Waals surface area contributed by atoms with Gasteiger partial charge in [0.1, 0.15) is 0 Å². The fraction of sp³-hybridized carbons (Fsp3) is 0.769. The second-order valence-corrected chi connectivity index (χ2v) is 7.57. The highest BCUT2D eigenvalue weighted by Crippen LogP contribution is 2.16. The van der Waals surface area contributed by atoms with Gasteiger partial charge in [-0.05, 0) is 44.7 Å². The number of H-pyrrole nitrogens is 1. The highest BCUT2D eigenvalue weighted by Gasteiger charge is 2.22. The van der Waals surface area contributed by atoms with Crippen molar-refractivity contribution < 1.29 is 8.42 Å². The predicted octanol–water partition coefficient (Wildman–Crippen LogP) is 1.64. The first-order valence-corrected chi connectivity index (χ1v) is 10.1. The van der Waals surface area contributed by atoms with Gasteiger partial charge in [0.2, 0.25) is 0 Å². The van der Waals surface area contributed by atoms with Crippen LogP contribution in [0.25, 0.3) is 0 Å². The number of aromatic nitrogens is 2. The molecule has 0 bridgehead atoms. The van der Waals surface area contributed by atoms with Crippen LogP contribution in [0.4, 0.5) is 0 Å². The average Bonchev–Trinajstić information content (AvgIpc) is 2.81. The molecule has 1 heterocycles. The van der Waals surface area contributed by atoms with E-state index in [1.165, 1.54) is 0 Å². The third-order valence-corrected chi connectivity index (χ3v) is 5.21. The molecule has 122 valence electrons. The monoisotopic (exact) mass is 334 g/mol. The van der Waals surface area contributed by atoms with E-state index in [0.717, 1.165) is 42.8 Å². The van der Waals surface area contributed by atoms with Crippen molar-refractivity contribution in [3.05, 3.63) is 11.3 Å². The lowest BCUT2D eigenvalue weighted by Gasteiger charge is -2.08. The summed E-state index contributed by atoms with van der Waals surface area (Å²) < 4.78 is 27.2. The third kappa shape index (κ3) is 5.98. The zero-order valence-corrected chi connectivity index (χ0v) is 14.7. The fourth-order valence-corrected chi connectivity index (χ4v) is 3.65. The summed E-state index contributed by atoms with van der Waals surface area (Å²) >= 11 is 1.77. The Morgan fingerprint density at radius 2 is 2.05 bits per heavy atom. The maximum atomic E-state index is 12.3. The normalized spacial score (nSPS) is 12.0. The summed E-state index contributed by atoms with van der Waals surface area (Å²) in [5.41, 5.74) is 1.52. The number of hydrogen-bond donors (Lipinski definition) is 3. The lowest BCUT2D eigenvalue weighted by atomic mass is 10.2. The highest BCUT2D eigenvalue weighted by atomic mass is 32.2. The molecule has 0 radical (unpaired) electrons. The van der Waals surface area contributed by atoms with E-state index in [2.05, 4.69) is 27.2 Å². The van der Waals surface area contributed by atoms with Crippen molar-refractivity contribution in [2.45, 2.75) is 44.7 Å². The van der Waals surface area contributed by atoms with Crippen LogP contribution in [-0.2, 0) is 16.6 Å². The fourth-order valence-electron chi connectivity index (χ4n) is 1.90. The van der Waals surface area contributed by atoms with Gasteiger partial charge < -0.3 is 5.32 Å². The van der Waals surface area contributed by atoms with Gasteiger partial charge in [0.15, 0.2) is 5.03 Å². The number of rotatable bonds is 11. The Labute approximate surface area is 131 Å². The van der Waals surface area contributed by atoms with E-state index < -0.39 is 10.0 Å². The number of unbranched alkanes of at least 4 members (excludes halogenated alkanes) is 1. The highest BCUT2D eigenvalue weighted by molar-refractivity contribution is 7.98. The van der Waals surface area contributed by atoms with Crippen molar-refractivity contribution in [3.63, 3.8) is 0 Å². The summed E-state index contributed by atoms with van der Waals surface area (Å²) in [4.78, 5) is 0. The van der Waals surface area contributed by atoms with Crippen LogP contribution >= 0.6 is 11.8 Å². The zero-order valence-electron chi connectivity index (χ0n) is 13.0. The standard InChI is InChI=1S/C13H26N4O2S2/c1-4-7-14-10-12-11(2)16-17-13(12)21(18,19)15-8-5-6-9-20-3/h14-15H,4-10H2,1-3H3,(H,16,17). The number of hydrogen-bond acceptors (Lipinski definition) is 5. The molecule has 3 N–H and O–H groups in total. The Morgan fingerprint density at radius 3 is 2.71 bits per heavy atom. The molecule has 8 heteroatoms. The molecule has 0 aliphatic heterocycles. The second-order valence-electron chi connectivity index (χ2n) is 4.91. The summed E-state index contributed by atoms with van der Waals surface area (Å²) in [7, 11) is -3.53. The minimum Gasteiger partial charge on any atom is -0.313 e. The van der Waals surface area contributed by atoms with E-state index in [-0.39, 0.29) is 5.03 Å². The van der Waals surface area contributed by atoms with E-state index in [1.54, 1.807) is 11.8 Å². The second kappa shape index (κ2) is 9.45. The Kier molecular flexibility index (Phi) is 8.31. The molecule has 0 aliphatic carbocycles. The van der Waals surface area contributed by atoms with E-state index >= 15 is 0 Å². The predicted molar refractivity (Wildman–Crippen MR) is 88.1 cm³/mol. The molecular formula is C13H26N4O2S2. The quantitative estimate of drug-likeness (QED) is 0.536. The van der Waals surface area contributed by atoms with Crippen LogP contribution in [0.3, 0.4) is 0 Å². The van der Waals surface area contributed by atoms with Gasteiger partial charge in [-0.1, -0.05) is 6.92 Å². The molecular weight excluding hydrogens is 308 g/mol. The maximum absolute atomic E-state index is 12.3. The van der Waals surface area contributed by atoms with Gasteiger partial charge >= 0.3 is 0 Å². The topological polar surface area (TPSA) is 86.9 Å². The molecule has 0 aromatic carbocycles. The number of nitrogens with one attached hydrogen (secondary N) is 3. The van der Waals surface area contributed by atoms with E-state index in [0.29, 0.717) is 13.1 Å². The van der Waals surface area contributed by atoms with Crippen molar-refractivity contribution in [2.24, 2.45) is 0 Å². The van der Waals surface area contributed by atoms with Crippen LogP contribution in [0.2, 0.25) is 0 Å². The zero-order chi connectivity index (χ0) is 15.7. The van der Waals surface area contributed by atoms with E-state index in [1.807, 2.05) is 13.2 Å². The molecule has 1 rings (SSSR count). The average molecular weight is 335 g/mol. The Bertz CT molecular complexity index is 514.